The van der Waals surface area contributed by atoms with Gasteiger partial charge in [-0.2, -0.15) is 0 Å². The second kappa shape index (κ2) is 9.65. The molecule has 0 spiro atoms. The molecule has 0 amide bonds. The quantitative estimate of drug-likeness (QED) is 0.629. The van der Waals surface area contributed by atoms with Crippen LogP contribution in [0.15, 0.2) is 60.7 Å². The van der Waals surface area contributed by atoms with Crippen molar-refractivity contribution >= 4 is 5.78 Å². The fourth-order valence-electron chi connectivity index (χ4n) is 3.32. The monoisotopic (exact) mass is 353 g/mol. The summed E-state index contributed by atoms with van der Waals surface area (Å²) in [6.07, 6.45) is 1.04. The molecule has 0 aliphatic heterocycles. The van der Waals surface area contributed by atoms with Gasteiger partial charge in [-0.05, 0) is 51.9 Å². The van der Waals surface area contributed by atoms with Gasteiger partial charge < -0.3 is 9.64 Å². The fraction of sp³-hybridized carbons (Fsp3) is 0.435. The predicted octanol–water partition coefficient (Wildman–Crippen LogP) is 4.52. The van der Waals surface area contributed by atoms with Crippen LogP contribution < -0.4 is 0 Å². The van der Waals surface area contributed by atoms with Gasteiger partial charge in [0.05, 0.1) is 5.60 Å². The number of ketones is 1. The Morgan fingerprint density at radius 3 is 1.96 bits per heavy atom. The number of ether oxygens (including phenoxy) is 1. The average Bonchev–Trinajstić information content (AvgIpc) is 2.62. The van der Waals surface area contributed by atoms with Crippen LogP contribution in [-0.2, 0) is 9.53 Å². The molecule has 0 radical (unpaired) electrons. The Bertz CT molecular complexity index is 628. The van der Waals surface area contributed by atoms with Crippen LogP contribution in [0.3, 0.4) is 0 Å². The normalized spacial score (nSPS) is 11.9. The fourth-order valence-corrected chi connectivity index (χ4v) is 3.32. The first-order valence-electron chi connectivity index (χ1n) is 9.29. The van der Waals surface area contributed by atoms with Crippen LogP contribution >= 0.6 is 0 Å². The Balaban J connectivity index is 2.00. The minimum Gasteiger partial charge on any atom is -0.366 e. The van der Waals surface area contributed by atoms with E-state index in [1.165, 1.54) is 11.1 Å². The molecule has 0 aliphatic carbocycles. The highest BCUT2D eigenvalue weighted by molar-refractivity contribution is 5.76. The van der Waals surface area contributed by atoms with Crippen molar-refractivity contribution in [3.05, 3.63) is 71.8 Å². The highest BCUT2D eigenvalue weighted by atomic mass is 16.5. The molecule has 2 aromatic carbocycles. The molecule has 3 nitrogen and oxygen atoms in total. The lowest BCUT2D eigenvalue weighted by Gasteiger charge is -2.31. The predicted molar refractivity (Wildman–Crippen MR) is 108 cm³/mol. The van der Waals surface area contributed by atoms with E-state index < -0.39 is 0 Å². The number of carbonyl (C=O) groups is 1. The molecule has 0 saturated carbocycles. The smallest absolute Gasteiger partial charge is 0.155 e. The Kier molecular flexibility index (Phi) is 7.55. The molecular formula is C23H31NO2. The molecule has 0 aromatic heterocycles. The van der Waals surface area contributed by atoms with Gasteiger partial charge in [-0.3, -0.25) is 4.79 Å². The number of Topliss-reactive ketones (excluding diaryl/α,β-unsaturated/α-hetero) is 1. The van der Waals surface area contributed by atoms with E-state index in [9.17, 15) is 4.79 Å². The molecule has 2 aromatic rings. The zero-order valence-electron chi connectivity index (χ0n) is 16.4. The molecule has 0 atom stereocenters. The van der Waals surface area contributed by atoms with Gasteiger partial charge in [0.15, 0.2) is 5.78 Å². The Morgan fingerprint density at radius 1 is 1.00 bits per heavy atom. The van der Waals surface area contributed by atoms with Gasteiger partial charge >= 0.3 is 0 Å². The summed E-state index contributed by atoms with van der Waals surface area (Å²) >= 11 is 0. The summed E-state index contributed by atoms with van der Waals surface area (Å²) in [5.41, 5.74) is 2.36. The van der Waals surface area contributed by atoms with Gasteiger partial charge in [0.2, 0.25) is 0 Å². The van der Waals surface area contributed by atoms with Crippen molar-refractivity contribution in [3.8, 4) is 0 Å². The van der Waals surface area contributed by atoms with E-state index >= 15 is 0 Å². The third-order valence-corrected chi connectivity index (χ3v) is 4.52. The summed E-state index contributed by atoms with van der Waals surface area (Å²) in [4.78, 5) is 13.5. The Morgan fingerprint density at radius 2 is 1.50 bits per heavy atom. The third-order valence-electron chi connectivity index (χ3n) is 4.52. The van der Waals surface area contributed by atoms with Crippen molar-refractivity contribution in [2.24, 2.45) is 0 Å². The molecule has 0 heterocycles. The molecule has 0 bridgehead atoms. The van der Waals surface area contributed by atoms with Gasteiger partial charge in [0.1, 0.15) is 6.61 Å². The topological polar surface area (TPSA) is 29.5 Å². The molecule has 0 saturated heterocycles. The van der Waals surface area contributed by atoms with E-state index in [4.69, 9.17) is 4.74 Å². The van der Waals surface area contributed by atoms with Crippen molar-refractivity contribution < 1.29 is 9.53 Å². The van der Waals surface area contributed by atoms with Crippen LogP contribution in [0.4, 0.5) is 0 Å². The van der Waals surface area contributed by atoms with Gasteiger partial charge in [-0.15, -0.1) is 0 Å². The molecule has 0 aliphatic rings. The molecule has 0 fully saturated rings. The van der Waals surface area contributed by atoms with Crippen molar-refractivity contribution in [1.82, 2.24) is 4.90 Å². The molecule has 140 valence electrons. The third kappa shape index (κ3) is 6.74. The zero-order valence-corrected chi connectivity index (χ0v) is 16.4. The number of nitrogens with zero attached hydrogens (tertiary/aromatic N) is 1. The van der Waals surface area contributed by atoms with Gasteiger partial charge in [-0.25, -0.2) is 0 Å². The van der Waals surface area contributed by atoms with Crippen LogP contribution in [0.1, 0.15) is 44.2 Å². The number of carbonyl (C=O) groups excluding carboxylic acids is 1. The molecule has 2 rings (SSSR count). The minimum atomic E-state index is -0.338. The number of hydrogen-bond donors (Lipinski definition) is 0. The van der Waals surface area contributed by atoms with E-state index in [1.807, 2.05) is 13.8 Å². The average molecular weight is 354 g/mol. The highest BCUT2D eigenvalue weighted by Crippen LogP contribution is 2.28. The van der Waals surface area contributed by atoms with E-state index in [-0.39, 0.29) is 18.0 Å². The second-order valence-electron chi connectivity index (χ2n) is 7.65. The van der Waals surface area contributed by atoms with E-state index in [1.54, 1.807) is 6.92 Å². The van der Waals surface area contributed by atoms with Crippen LogP contribution in [0, 0.1) is 0 Å². The molecule has 26 heavy (non-hydrogen) atoms. The first-order valence-corrected chi connectivity index (χ1v) is 9.29. The highest BCUT2D eigenvalue weighted by Gasteiger charge is 2.22. The van der Waals surface area contributed by atoms with Gasteiger partial charge in [0, 0.05) is 12.5 Å². The number of benzene rings is 2. The number of rotatable bonds is 10. The summed E-state index contributed by atoms with van der Waals surface area (Å²) in [5, 5.41) is 0. The van der Waals surface area contributed by atoms with Crippen molar-refractivity contribution in [1.29, 1.82) is 0 Å². The maximum atomic E-state index is 11.2. The van der Waals surface area contributed by atoms with Crippen molar-refractivity contribution in [2.45, 2.75) is 38.7 Å². The zero-order chi connectivity index (χ0) is 19.0. The molecule has 0 unspecified atom stereocenters. The lowest BCUT2D eigenvalue weighted by molar-refractivity contribution is -0.128. The van der Waals surface area contributed by atoms with Crippen LogP contribution in [0.5, 0.6) is 0 Å². The Labute approximate surface area is 158 Å². The SMILES string of the molecule is CC(=O)COC(C)(C)CN(C)CCC(c1ccccc1)c1ccccc1. The number of likely N-dealkylation sites (N-methyl/N-ethyl adjacent to an activating group) is 1. The Hall–Kier alpha value is -1.97. The molecular weight excluding hydrogens is 322 g/mol. The standard InChI is InChI=1S/C23H31NO2/c1-19(25)17-26-23(2,3)18-24(4)16-15-22(20-11-7-5-8-12-20)21-13-9-6-10-14-21/h5-14,22H,15-18H2,1-4H3. The second-order valence-corrected chi connectivity index (χ2v) is 7.65. The largest absolute Gasteiger partial charge is 0.366 e. The summed E-state index contributed by atoms with van der Waals surface area (Å²) in [5.74, 6) is 0.440. The van der Waals surface area contributed by atoms with Gasteiger partial charge in [-0.1, -0.05) is 60.7 Å². The number of hydrogen-bond acceptors (Lipinski definition) is 3. The lowest BCUT2D eigenvalue weighted by atomic mass is 9.88. The van der Waals surface area contributed by atoms with Crippen molar-refractivity contribution in [3.63, 3.8) is 0 Å². The minimum absolute atomic E-state index is 0.0638. The van der Waals surface area contributed by atoms with E-state index in [0.717, 1.165) is 19.5 Å². The summed E-state index contributed by atoms with van der Waals surface area (Å²) < 4.78 is 5.75. The van der Waals surface area contributed by atoms with Crippen molar-refractivity contribution in [2.75, 3.05) is 26.7 Å². The first kappa shape index (κ1) is 20.3. The first-order chi connectivity index (χ1) is 12.4. The molecule has 3 heteroatoms. The van der Waals surface area contributed by atoms with Crippen LogP contribution in [0.25, 0.3) is 0 Å². The summed E-state index contributed by atoms with van der Waals surface area (Å²) in [7, 11) is 2.12. The lowest BCUT2D eigenvalue weighted by Crippen LogP contribution is -2.40. The maximum Gasteiger partial charge on any atom is 0.155 e. The van der Waals surface area contributed by atoms with Crippen LogP contribution in [0.2, 0.25) is 0 Å². The summed E-state index contributed by atoms with van der Waals surface area (Å²) in [6.45, 7) is 7.57. The molecule has 0 N–H and O–H groups in total. The summed E-state index contributed by atoms with van der Waals surface area (Å²) in [6, 6.07) is 21.4. The van der Waals surface area contributed by atoms with E-state index in [0.29, 0.717) is 5.92 Å². The van der Waals surface area contributed by atoms with E-state index in [2.05, 4.69) is 72.6 Å². The van der Waals surface area contributed by atoms with Gasteiger partial charge in [0.25, 0.3) is 0 Å². The van der Waals surface area contributed by atoms with Crippen LogP contribution in [-0.4, -0.2) is 43.0 Å². The maximum absolute atomic E-state index is 11.2.